The van der Waals surface area contributed by atoms with Crippen LogP contribution >= 0.6 is 0 Å². The number of amides is 1. The molecular weight excluding hydrogens is 282 g/mol. The van der Waals surface area contributed by atoms with Crippen molar-refractivity contribution in [2.75, 3.05) is 19.8 Å². The van der Waals surface area contributed by atoms with E-state index in [-0.39, 0.29) is 6.03 Å². The van der Waals surface area contributed by atoms with Crippen LogP contribution < -0.4 is 10.5 Å². The molecule has 0 atom stereocenters. The first kappa shape index (κ1) is 13.9. The summed E-state index contributed by atoms with van der Waals surface area (Å²) in [6.07, 6.45) is 3.08. The van der Waals surface area contributed by atoms with Gasteiger partial charge in [-0.05, 0) is 24.3 Å². The van der Waals surface area contributed by atoms with E-state index in [2.05, 4.69) is 9.97 Å². The zero-order chi connectivity index (χ0) is 15.7. The minimum Gasteiger partial charge on any atom is -0.439 e. The van der Waals surface area contributed by atoms with Crippen molar-refractivity contribution in [3.8, 4) is 11.6 Å². The monoisotopic (exact) mass is 297 g/mol. The first-order chi connectivity index (χ1) is 10.5. The molecule has 0 unspecified atom stereocenters. The van der Waals surface area contributed by atoms with Crippen LogP contribution in [0.1, 0.15) is 0 Å². The predicted octanol–water partition coefficient (Wildman–Crippen LogP) is 2.34. The fourth-order valence-electron chi connectivity index (χ4n) is 2.10. The minimum absolute atomic E-state index is 0.104. The third kappa shape index (κ3) is 2.56. The highest BCUT2D eigenvalue weighted by Crippen LogP contribution is 2.25. The van der Waals surface area contributed by atoms with Gasteiger partial charge >= 0.3 is 6.03 Å². The molecule has 2 heterocycles. The van der Waals surface area contributed by atoms with Crippen molar-refractivity contribution in [3.63, 3.8) is 0 Å². The Balaban J connectivity index is 1.93. The lowest BCUT2D eigenvalue weighted by Gasteiger charge is -2.12. The van der Waals surface area contributed by atoms with Crippen molar-refractivity contribution in [1.29, 1.82) is 0 Å². The molecule has 0 radical (unpaired) electrons. The van der Waals surface area contributed by atoms with Gasteiger partial charge in [0.15, 0.2) is 0 Å². The molecule has 0 aliphatic carbocycles. The van der Waals surface area contributed by atoms with Gasteiger partial charge in [-0.2, -0.15) is 0 Å². The minimum atomic E-state index is -0.104. The highest BCUT2D eigenvalue weighted by molar-refractivity contribution is 5.92. The normalized spacial score (nSPS) is 10.6. The average Bonchev–Trinajstić information content (AvgIpc) is 2.89. The van der Waals surface area contributed by atoms with Crippen LogP contribution in [0.4, 0.5) is 10.6 Å². The fraction of sp³-hybridized carbons (Fsp3) is 0.133. The van der Waals surface area contributed by atoms with Crippen LogP contribution in [0.3, 0.4) is 0 Å². The quantitative estimate of drug-likeness (QED) is 0.784. The highest BCUT2D eigenvalue weighted by Gasteiger charge is 2.11. The molecule has 0 fully saturated rings. The van der Waals surface area contributed by atoms with E-state index in [0.29, 0.717) is 17.4 Å². The van der Waals surface area contributed by atoms with Crippen LogP contribution in [0, 0.1) is 0 Å². The molecule has 1 amide bonds. The van der Waals surface area contributed by atoms with E-state index in [9.17, 15) is 4.79 Å². The molecule has 112 valence electrons. The van der Waals surface area contributed by atoms with Gasteiger partial charge in [0.05, 0.1) is 5.52 Å². The van der Waals surface area contributed by atoms with E-state index in [1.165, 1.54) is 11.2 Å². The second-order valence-electron chi connectivity index (χ2n) is 4.97. The third-order valence-electron chi connectivity index (χ3n) is 3.14. The van der Waals surface area contributed by atoms with E-state index in [1.54, 1.807) is 37.0 Å². The molecule has 1 aromatic carbocycles. The first-order valence-electron chi connectivity index (χ1n) is 6.63. The smallest absolute Gasteiger partial charge is 0.328 e. The molecule has 22 heavy (non-hydrogen) atoms. The molecular formula is C15H15N5O2. The Morgan fingerprint density at radius 2 is 2.05 bits per heavy atom. The van der Waals surface area contributed by atoms with Crippen LogP contribution in [0.15, 0.2) is 42.9 Å². The summed E-state index contributed by atoms with van der Waals surface area (Å²) in [5, 5.41) is 0.898. The van der Waals surface area contributed by atoms with Gasteiger partial charge in [0.25, 0.3) is 0 Å². The molecule has 0 aliphatic rings. The number of hydrogen-bond acceptors (Lipinski definition) is 5. The summed E-state index contributed by atoms with van der Waals surface area (Å²) in [5.74, 6) is 1.32. The second-order valence-corrected chi connectivity index (χ2v) is 4.97. The Morgan fingerprint density at radius 3 is 2.77 bits per heavy atom. The van der Waals surface area contributed by atoms with E-state index in [0.717, 1.165) is 10.9 Å². The molecule has 0 spiro atoms. The number of nitrogens with zero attached hydrogens (tertiary/aromatic N) is 4. The number of aromatic nitrogens is 3. The molecule has 3 aromatic rings. The molecule has 0 saturated carbocycles. The van der Waals surface area contributed by atoms with Crippen LogP contribution in [0.5, 0.6) is 11.6 Å². The lowest BCUT2D eigenvalue weighted by Crippen LogP contribution is -2.26. The van der Waals surface area contributed by atoms with Crippen molar-refractivity contribution in [2.45, 2.75) is 0 Å². The number of rotatable bonds is 2. The number of anilines is 1. The van der Waals surface area contributed by atoms with Crippen molar-refractivity contribution in [2.24, 2.45) is 0 Å². The van der Waals surface area contributed by atoms with Gasteiger partial charge in [-0.1, -0.05) is 0 Å². The summed E-state index contributed by atoms with van der Waals surface area (Å²) in [4.78, 5) is 21.4. The van der Waals surface area contributed by atoms with E-state index >= 15 is 0 Å². The fourth-order valence-corrected chi connectivity index (χ4v) is 2.10. The predicted molar refractivity (Wildman–Crippen MR) is 82.9 cm³/mol. The Hall–Kier alpha value is -3.09. The largest absolute Gasteiger partial charge is 0.439 e. The molecule has 2 N–H and O–H groups in total. The van der Waals surface area contributed by atoms with Gasteiger partial charge in [0, 0.05) is 31.7 Å². The zero-order valence-corrected chi connectivity index (χ0v) is 12.2. The van der Waals surface area contributed by atoms with Crippen molar-refractivity contribution >= 4 is 22.8 Å². The summed E-state index contributed by atoms with van der Waals surface area (Å²) in [5.41, 5.74) is 6.40. The molecule has 0 saturated heterocycles. The number of nitrogen functional groups attached to an aromatic ring is 1. The summed E-state index contributed by atoms with van der Waals surface area (Å²) < 4.78 is 7.23. The van der Waals surface area contributed by atoms with E-state index < -0.39 is 0 Å². The van der Waals surface area contributed by atoms with Crippen molar-refractivity contribution < 1.29 is 9.53 Å². The molecule has 2 aromatic heterocycles. The third-order valence-corrected chi connectivity index (χ3v) is 3.14. The van der Waals surface area contributed by atoms with E-state index in [1.807, 2.05) is 18.2 Å². The van der Waals surface area contributed by atoms with Gasteiger partial charge in [-0.3, -0.25) is 4.57 Å². The lowest BCUT2D eigenvalue weighted by molar-refractivity contribution is 0.220. The van der Waals surface area contributed by atoms with Gasteiger partial charge in [0.1, 0.15) is 17.9 Å². The van der Waals surface area contributed by atoms with Crippen molar-refractivity contribution in [1.82, 2.24) is 19.4 Å². The second kappa shape index (κ2) is 5.36. The Morgan fingerprint density at radius 1 is 1.23 bits per heavy atom. The SMILES string of the molecule is CN(C)C(=O)n1ccc2cc(Oc3cc(N)ncn3)ccc21. The number of fused-ring (bicyclic) bond motifs is 1. The zero-order valence-electron chi connectivity index (χ0n) is 12.2. The molecule has 0 bridgehead atoms. The summed E-state index contributed by atoms with van der Waals surface area (Å²) >= 11 is 0. The summed E-state index contributed by atoms with van der Waals surface area (Å²) in [6, 6.07) is 8.75. The Bertz CT molecular complexity index is 841. The van der Waals surface area contributed by atoms with Crippen molar-refractivity contribution in [3.05, 3.63) is 42.9 Å². The van der Waals surface area contributed by atoms with Crippen LogP contribution in [-0.2, 0) is 0 Å². The topological polar surface area (TPSA) is 86.3 Å². The molecule has 3 rings (SSSR count). The molecule has 7 nitrogen and oxygen atoms in total. The van der Waals surface area contributed by atoms with Crippen LogP contribution in [-0.4, -0.2) is 39.6 Å². The Labute approximate surface area is 126 Å². The van der Waals surface area contributed by atoms with Crippen LogP contribution in [0.25, 0.3) is 10.9 Å². The van der Waals surface area contributed by atoms with Gasteiger partial charge in [-0.25, -0.2) is 14.8 Å². The number of carbonyl (C=O) groups excluding carboxylic acids is 1. The van der Waals surface area contributed by atoms with Gasteiger partial charge in [0.2, 0.25) is 5.88 Å². The van der Waals surface area contributed by atoms with E-state index in [4.69, 9.17) is 10.5 Å². The molecule has 7 heteroatoms. The molecule has 0 aliphatic heterocycles. The Kier molecular flexibility index (Phi) is 3.38. The highest BCUT2D eigenvalue weighted by atomic mass is 16.5. The summed E-state index contributed by atoms with van der Waals surface area (Å²) in [7, 11) is 3.43. The average molecular weight is 297 g/mol. The van der Waals surface area contributed by atoms with Gasteiger partial charge in [-0.15, -0.1) is 0 Å². The number of benzene rings is 1. The summed E-state index contributed by atoms with van der Waals surface area (Å²) in [6.45, 7) is 0. The number of hydrogen-bond donors (Lipinski definition) is 1. The number of carbonyl (C=O) groups is 1. The van der Waals surface area contributed by atoms with Crippen LogP contribution in [0.2, 0.25) is 0 Å². The van der Waals surface area contributed by atoms with Gasteiger partial charge < -0.3 is 15.4 Å². The maximum atomic E-state index is 12.1. The number of nitrogens with two attached hydrogens (primary N) is 1. The number of ether oxygens (including phenoxy) is 1. The standard InChI is InChI=1S/C15H15N5O2/c1-19(2)15(21)20-6-5-10-7-11(3-4-12(10)20)22-14-8-13(16)17-9-18-14/h3-9H,1-2H3,(H2,16,17,18). The maximum absolute atomic E-state index is 12.1. The first-order valence-corrected chi connectivity index (χ1v) is 6.63. The maximum Gasteiger partial charge on any atom is 0.328 e. The lowest BCUT2D eigenvalue weighted by atomic mass is 10.2.